The maximum atomic E-state index is 13.9. The number of aromatic nitrogens is 3. The number of nitrogens with zero attached hydrogens (tertiary/aromatic N) is 4. The van der Waals surface area contributed by atoms with E-state index in [0.29, 0.717) is 16.2 Å². The topological polar surface area (TPSA) is 76.9 Å². The third-order valence-electron chi connectivity index (χ3n) is 2.48. The molecule has 0 aromatic carbocycles. The van der Waals surface area contributed by atoms with Gasteiger partial charge >= 0.3 is 0 Å². The van der Waals surface area contributed by atoms with Crippen LogP contribution in [-0.2, 0) is 0 Å². The second-order valence-corrected chi connectivity index (χ2v) is 6.74. The van der Waals surface area contributed by atoms with E-state index in [1.807, 2.05) is 36.7 Å². The Morgan fingerprint density at radius 2 is 1.91 bits per heavy atom. The van der Waals surface area contributed by atoms with Gasteiger partial charge in [-0.05, 0) is 17.7 Å². The SMILES string of the molecule is CC.Fc1cnc2c(c1)C(c1nc(Cl)ncc1F)=CN(I)S2.N. The minimum Gasteiger partial charge on any atom is -0.344 e. The molecular formula is C13H13ClF2IN5S. The van der Waals surface area contributed by atoms with Gasteiger partial charge in [0.1, 0.15) is 16.5 Å². The highest BCUT2D eigenvalue weighted by Crippen LogP contribution is 2.40. The summed E-state index contributed by atoms with van der Waals surface area (Å²) in [7, 11) is 0. The summed E-state index contributed by atoms with van der Waals surface area (Å²) >= 11 is 9.01. The van der Waals surface area contributed by atoms with E-state index in [0.717, 1.165) is 12.4 Å². The van der Waals surface area contributed by atoms with Gasteiger partial charge in [0.15, 0.2) is 5.82 Å². The van der Waals surface area contributed by atoms with E-state index < -0.39 is 11.6 Å². The second kappa shape index (κ2) is 8.71. The van der Waals surface area contributed by atoms with Gasteiger partial charge < -0.3 is 6.15 Å². The molecule has 10 heteroatoms. The molecule has 0 amide bonds. The largest absolute Gasteiger partial charge is 0.344 e. The first-order chi connectivity index (χ1) is 10.5. The summed E-state index contributed by atoms with van der Waals surface area (Å²) in [6.45, 7) is 4.00. The van der Waals surface area contributed by atoms with Crippen LogP contribution < -0.4 is 6.15 Å². The minimum atomic E-state index is -0.632. The van der Waals surface area contributed by atoms with Crippen LogP contribution in [0.1, 0.15) is 25.1 Å². The average molecular weight is 472 g/mol. The van der Waals surface area contributed by atoms with E-state index in [1.54, 1.807) is 8.72 Å². The lowest BCUT2D eigenvalue weighted by atomic mass is 10.1. The van der Waals surface area contributed by atoms with Crippen molar-refractivity contribution < 1.29 is 8.78 Å². The van der Waals surface area contributed by atoms with Crippen LogP contribution >= 0.6 is 46.4 Å². The van der Waals surface area contributed by atoms with Gasteiger partial charge in [0, 0.05) is 29.3 Å². The Morgan fingerprint density at radius 1 is 1.22 bits per heavy atom. The first kappa shape index (κ1) is 20.0. The zero-order chi connectivity index (χ0) is 16.3. The third-order valence-corrected chi connectivity index (χ3v) is 4.31. The predicted molar refractivity (Wildman–Crippen MR) is 96.4 cm³/mol. The summed E-state index contributed by atoms with van der Waals surface area (Å²) in [4.78, 5) is 11.4. The van der Waals surface area contributed by atoms with Crippen molar-refractivity contribution in [3.8, 4) is 0 Å². The molecule has 2 aromatic heterocycles. The molecule has 1 aliphatic rings. The van der Waals surface area contributed by atoms with Crippen molar-refractivity contribution in [2.45, 2.75) is 18.9 Å². The number of halogens is 4. The predicted octanol–water partition coefficient (Wildman–Crippen LogP) is 5.05. The standard InChI is InChI=1S/C11H4ClF2IN4S.C2H6.H3N/c12-11-17-3-8(14)9(18-11)7-4-19(15)20-10-6(7)1-5(13)2-16-10;1-2;/h1-4H;1-2H3;1H3. The molecule has 0 atom stereocenters. The Labute approximate surface area is 155 Å². The van der Waals surface area contributed by atoms with Gasteiger partial charge in [0.25, 0.3) is 0 Å². The van der Waals surface area contributed by atoms with Gasteiger partial charge in [-0.3, -0.25) is 2.52 Å². The van der Waals surface area contributed by atoms with Crippen LogP contribution in [0.3, 0.4) is 0 Å². The first-order valence-electron chi connectivity index (χ1n) is 6.24. The molecule has 0 radical (unpaired) electrons. The Hall–Kier alpha value is -1.04. The maximum absolute atomic E-state index is 13.9. The smallest absolute Gasteiger partial charge is 0.223 e. The van der Waals surface area contributed by atoms with Crippen molar-refractivity contribution in [3.63, 3.8) is 0 Å². The van der Waals surface area contributed by atoms with Crippen LogP contribution in [0.5, 0.6) is 0 Å². The quantitative estimate of drug-likeness (QED) is 0.271. The van der Waals surface area contributed by atoms with E-state index in [4.69, 9.17) is 11.6 Å². The van der Waals surface area contributed by atoms with Crippen molar-refractivity contribution in [1.82, 2.24) is 23.6 Å². The molecule has 5 nitrogen and oxygen atoms in total. The van der Waals surface area contributed by atoms with E-state index in [1.165, 1.54) is 18.0 Å². The molecule has 3 N–H and O–H groups in total. The highest BCUT2D eigenvalue weighted by molar-refractivity contribution is 14.1. The summed E-state index contributed by atoms with van der Waals surface area (Å²) in [5.41, 5.74) is 0.888. The van der Waals surface area contributed by atoms with Gasteiger partial charge in [-0.15, -0.1) is 0 Å². The van der Waals surface area contributed by atoms with Crippen molar-refractivity contribution >= 4 is 52.0 Å². The fourth-order valence-corrected chi connectivity index (χ4v) is 3.36. The van der Waals surface area contributed by atoms with Crippen LogP contribution in [-0.4, -0.2) is 17.5 Å². The number of hydrogen-bond donors (Lipinski definition) is 1. The van der Waals surface area contributed by atoms with E-state index in [9.17, 15) is 8.78 Å². The van der Waals surface area contributed by atoms with Gasteiger partial charge in [-0.25, -0.2) is 23.7 Å². The molecule has 0 aliphatic carbocycles. The van der Waals surface area contributed by atoms with E-state index in [-0.39, 0.29) is 17.1 Å². The number of fused-ring (bicyclic) bond motifs is 1. The molecule has 0 fully saturated rings. The number of rotatable bonds is 1. The van der Waals surface area contributed by atoms with Crippen molar-refractivity contribution in [2.24, 2.45) is 0 Å². The Balaban J connectivity index is 0.000000849. The molecular weight excluding hydrogens is 459 g/mol. The molecule has 23 heavy (non-hydrogen) atoms. The molecule has 0 unspecified atom stereocenters. The minimum absolute atomic E-state index is 0. The van der Waals surface area contributed by atoms with Gasteiger partial charge in [0.05, 0.1) is 35.3 Å². The van der Waals surface area contributed by atoms with Crippen LogP contribution in [0.4, 0.5) is 8.78 Å². The van der Waals surface area contributed by atoms with Crippen molar-refractivity contribution in [3.05, 3.63) is 52.8 Å². The van der Waals surface area contributed by atoms with Crippen LogP contribution in [0.25, 0.3) is 5.57 Å². The van der Waals surface area contributed by atoms with Crippen LogP contribution in [0.2, 0.25) is 5.28 Å². The second-order valence-electron chi connectivity index (χ2n) is 3.75. The molecule has 2 aromatic rings. The summed E-state index contributed by atoms with van der Waals surface area (Å²) in [5, 5.41) is 0.485. The van der Waals surface area contributed by atoms with E-state index in [2.05, 4.69) is 15.0 Å². The summed E-state index contributed by atoms with van der Waals surface area (Å²) in [6.07, 6.45) is 3.73. The molecule has 3 heterocycles. The molecule has 0 bridgehead atoms. The van der Waals surface area contributed by atoms with E-state index >= 15 is 0 Å². The van der Waals surface area contributed by atoms with Crippen molar-refractivity contribution in [1.29, 1.82) is 0 Å². The lowest BCUT2D eigenvalue weighted by molar-refractivity contribution is 0.606. The zero-order valence-electron chi connectivity index (χ0n) is 12.2. The van der Waals surface area contributed by atoms with Gasteiger partial charge in [-0.2, -0.15) is 0 Å². The lowest BCUT2D eigenvalue weighted by Crippen LogP contribution is -2.08. The molecule has 1 aliphatic heterocycles. The molecule has 3 rings (SSSR count). The average Bonchev–Trinajstić information content (AvgIpc) is 2.51. The van der Waals surface area contributed by atoms with Crippen LogP contribution in [0, 0.1) is 11.6 Å². The fraction of sp³-hybridized carbons (Fsp3) is 0.154. The van der Waals surface area contributed by atoms with Gasteiger partial charge in [0.2, 0.25) is 5.28 Å². The highest BCUT2D eigenvalue weighted by atomic mass is 127. The summed E-state index contributed by atoms with van der Waals surface area (Å²) < 4.78 is 29.0. The molecule has 0 spiro atoms. The monoisotopic (exact) mass is 471 g/mol. The van der Waals surface area contributed by atoms with Crippen LogP contribution in [0.15, 0.2) is 29.7 Å². The normalized spacial score (nSPS) is 12.4. The van der Waals surface area contributed by atoms with Crippen molar-refractivity contribution in [2.75, 3.05) is 0 Å². The first-order valence-corrected chi connectivity index (χ1v) is 8.35. The number of pyridine rings is 1. The fourth-order valence-electron chi connectivity index (χ4n) is 1.70. The third kappa shape index (κ3) is 4.49. The molecule has 0 saturated heterocycles. The summed E-state index contributed by atoms with van der Waals surface area (Å²) in [5.74, 6) is -1.13. The van der Waals surface area contributed by atoms with Gasteiger partial charge in [-0.1, -0.05) is 13.8 Å². The Kier molecular flexibility index (Phi) is 7.58. The Bertz CT molecular complexity index is 732. The zero-order valence-corrected chi connectivity index (χ0v) is 16.0. The molecule has 124 valence electrons. The Morgan fingerprint density at radius 3 is 2.61 bits per heavy atom. The highest BCUT2D eigenvalue weighted by Gasteiger charge is 2.24. The summed E-state index contributed by atoms with van der Waals surface area (Å²) in [6, 6.07) is 1.29. The number of hydrogen-bond acceptors (Lipinski definition) is 6. The lowest BCUT2D eigenvalue weighted by Gasteiger charge is -2.21. The maximum Gasteiger partial charge on any atom is 0.223 e. The molecule has 0 saturated carbocycles.